The van der Waals surface area contributed by atoms with Gasteiger partial charge in [0.05, 0.1) is 0 Å². The molecular formula is C12H13N. The number of hydrogen-bond donors (Lipinski definition) is 0. The van der Waals surface area contributed by atoms with Crippen molar-refractivity contribution in [1.29, 1.82) is 0 Å². The fourth-order valence-corrected chi connectivity index (χ4v) is 1.18. The lowest BCUT2D eigenvalue weighted by molar-refractivity contribution is 1.33. The molecule has 1 heteroatoms. The first-order valence-corrected chi connectivity index (χ1v) is 4.15. The van der Waals surface area contributed by atoms with E-state index < -0.39 is 0 Å². The van der Waals surface area contributed by atoms with Crippen LogP contribution in [0.5, 0.6) is 0 Å². The molecule has 66 valence electrons. The van der Waals surface area contributed by atoms with Gasteiger partial charge >= 0.3 is 0 Å². The average molecular weight is 171 g/mol. The topological polar surface area (TPSA) is 12.4 Å². The molecule has 0 fully saturated rings. The SMILES string of the molecule is C=C/C(=C(/C)N=C)c1ccccc1. The number of allylic oxidation sites excluding steroid dienone is 3. The smallest absolute Gasteiger partial charge is 0.0443 e. The van der Waals surface area contributed by atoms with E-state index in [2.05, 4.69) is 18.3 Å². The van der Waals surface area contributed by atoms with Crippen molar-refractivity contribution >= 4 is 12.3 Å². The highest BCUT2D eigenvalue weighted by Crippen LogP contribution is 2.19. The van der Waals surface area contributed by atoms with Crippen LogP contribution < -0.4 is 0 Å². The molecule has 0 aromatic heterocycles. The zero-order valence-corrected chi connectivity index (χ0v) is 7.83. The summed E-state index contributed by atoms with van der Waals surface area (Å²) in [5.41, 5.74) is 3.07. The van der Waals surface area contributed by atoms with E-state index in [1.54, 1.807) is 6.08 Å². The van der Waals surface area contributed by atoms with Crippen molar-refractivity contribution in [2.24, 2.45) is 4.99 Å². The number of hydrogen-bond acceptors (Lipinski definition) is 1. The van der Waals surface area contributed by atoms with E-state index in [1.165, 1.54) is 0 Å². The number of nitrogens with zero attached hydrogens (tertiary/aromatic N) is 1. The van der Waals surface area contributed by atoms with Gasteiger partial charge in [0.2, 0.25) is 0 Å². The van der Waals surface area contributed by atoms with E-state index in [9.17, 15) is 0 Å². The van der Waals surface area contributed by atoms with Crippen LogP contribution >= 0.6 is 0 Å². The first-order chi connectivity index (χ1) is 6.29. The Morgan fingerprint density at radius 1 is 1.31 bits per heavy atom. The molecule has 0 aliphatic carbocycles. The Morgan fingerprint density at radius 3 is 2.38 bits per heavy atom. The van der Waals surface area contributed by atoms with Gasteiger partial charge in [-0.1, -0.05) is 43.0 Å². The summed E-state index contributed by atoms with van der Waals surface area (Å²) in [5, 5.41) is 0. The van der Waals surface area contributed by atoms with Crippen molar-refractivity contribution in [3.8, 4) is 0 Å². The monoisotopic (exact) mass is 171 g/mol. The molecule has 1 aromatic carbocycles. The number of benzene rings is 1. The molecule has 0 aliphatic rings. The van der Waals surface area contributed by atoms with Crippen LogP contribution in [0.2, 0.25) is 0 Å². The van der Waals surface area contributed by atoms with E-state index in [1.807, 2.05) is 37.3 Å². The van der Waals surface area contributed by atoms with Crippen molar-refractivity contribution in [2.45, 2.75) is 6.92 Å². The first-order valence-electron chi connectivity index (χ1n) is 4.15. The second kappa shape index (κ2) is 4.41. The molecule has 0 heterocycles. The van der Waals surface area contributed by atoms with Crippen LogP contribution in [0.4, 0.5) is 0 Å². The largest absolute Gasteiger partial charge is 0.269 e. The normalized spacial score (nSPS) is 11.8. The molecule has 0 atom stereocenters. The van der Waals surface area contributed by atoms with Gasteiger partial charge in [-0.2, -0.15) is 0 Å². The zero-order valence-electron chi connectivity index (χ0n) is 7.83. The van der Waals surface area contributed by atoms with Crippen LogP contribution in [-0.4, -0.2) is 6.72 Å². The minimum atomic E-state index is 0.904. The van der Waals surface area contributed by atoms with Crippen molar-refractivity contribution < 1.29 is 0 Å². The Hall–Kier alpha value is -1.63. The van der Waals surface area contributed by atoms with Gasteiger partial charge in [0.25, 0.3) is 0 Å². The predicted octanol–water partition coefficient (Wildman–Crippen LogP) is 3.30. The highest BCUT2D eigenvalue weighted by molar-refractivity contribution is 5.76. The Labute approximate surface area is 79.1 Å². The third-order valence-electron chi connectivity index (χ3n) is 1.92. The summed E-state index contributed by atoms with van der Waals surface area (Å²) in [6.07, 6.45) is 1.80. The standard InChI is InChI=1S/C12H13N/c1-4-12(10(2)13-3)11-8-6-5-7-9-11/h4-9H,1,3H2,2H3/b12-10+. The van der Waals surface area contributed by atoms with E-state index in [4.69, 9.17) is 0 Å². The molecular weight excluding hydrogens is 158 g/mol. The summed E-state index contributed by atoms with van der Waals surface area (Å²) in [6, 6.07) is 10.0. The van der Waals surface area contributed by atoms with Crippen molar-refractivity contribution in [2.75, 3.05) is 0 Å². The van der Waals surface area contributed by atoms with E-state index >= 15 is 0 Å². The fraction of sp³-hybridized carbons (Fsp3) is 0.0833. The zero-order chi connectivity index (χ0) is 9.68. The highest BCUT2D eigenvalue weighted by atomic mass is 14.7. The summed E-state index contributed by atoms with van der Waals surface area (Å²) >= 11 is 0. The maximum atomic E-state index is 3.89. The Bertz CT molecular complexity index is 333. The van der Waals surface area contributed by atoms with Gasteiger partial charge in [-0.25, -0.2) is 0 Å². The van der Waals surface area contributed by atoms with Crippen LogP contribution in [-0.2, 0) is 0 Å². The Balaban J connectivity index is 3.20. The van der Waals surface area contributed by atoms with Crippen LogP contribution in [0.15, 0.2) is 53.7 Å². The van der Waals surface area contributed by atoms with Crippen molar-refractivity contribution in [1.82, 2.24) is 0 Å². The molecule has 13 heavy (non-hydrogen) atoms. The summed E-state index contributed by atoms with van der Waals surface area (Å²) in [7, 11) is 0. The Kier molecular flexibility index (Phi) is 3.21. The first kappa shape index (κ1) is 9.46. The van der Waals surface area contributed by atoms with Crippen molar-refractivity contribution in [3.05, 3.63) is 54.2 Å². The molecule has 1 rings (SSSR count). The van der Waals surface area contributed by atoms with E-state index in [0.717, 1.165) is 16.8 Å². The minimum absolute atomic E-state index is 0.904. The lowest BCUT2D eigenvalue weighted by Gasteiger charge is -2.03. The second-order valence-electron chi connectivity index (χ2n) is 2.73. The molecule has 0 saturated heterocycles. The molecule has 1 aromatic rings. The molecule has 0 spiro atoms. The van der Waals surface area contributed by atoms with Gasteiger partial charge in [0.1, 0.15) is 0 Å². The average Bonchev–Trinajstić information content (AvgIpc) is 2.20. The highest BCUT2D eigenvalue weighted by Gasteiger charge is 1.98. The maximum Gasteiger partial charge on any atom is 0.0443 e. The number of rotatable bonds is 3. The lowest BCUT2D eigenvalue weighted by Crippen LogP contribution is -1.82. The third kappa shape index (κ3) is 2.15. The van der Waals surface area contributed by atoms with E-state index in [-0.39, 0.29) is 0 Å². The maximum absolute atomic E-state index is 3.89. The fourth-order valence-electron chi connectivity index (χ4n) is 1.18. The van der Waals surface area contributed by atoms with E-state index in [0.29, 0.717) is 0 Å². The summed E-state index contributed by atoms with van der Waals surface area (Å²) in [5.74, 6) is 0. The molecule has 1 nitrogen and oxygen atoms in total. The quantitative estimate of drug-likeness (QED) is 0.488. The summed E-state index contributed by atoms with van der Waals surface area (Å²) < 4.78 is 0. The predicted molar refractivity (Wildman–Crippen MR) is 58.8 cm³/mol. The van der Waals surface area contributed by atoms with Crippen LogP contribution in [0.3, 0.4) is 0 Å². The molecule has 0 radical (unpaired) electrons. The van der Waals surface area contributed by atoms with Crippen molar-refractivity contribution in [3.63, 3.8) is 0 Å². The van der Waals surface area contributed by atoms with Crippen LogP contribution in [0.25, 0.3) is 5.57 Å². The molecule has 0 amide bonds. The van der Waals surface area contributed by atoms with Gasteiger partial charge in [-0.15, -0.1) is 0 Å². The molecule has 0 unspecified atom stereocenters. The minimum Gasteiger partial charge on any atom is -0.269 e. The van der Waals surface area contributed by atoms with Gasteiger partial charge < -0.3 is 0 Å². The van der Waals surface area contributed by atoms with Gasteiger partial charge in [0, 0.05) is 11.3 Å². The molecule has 0 aliphatic heterocycles. The second-order valence-corrected chi connectivity index (χ2v) is 2.73. The molecule has 0 N–H and O–H groups in total. The van der Waals surface area contributed by atoms with Gasteiger partial charge in [-0.05, 0) is 19.2 Å². The Morgan fingerprint density at radius 2 is 1.92 bits per heavy atom. The molecule has 0 bridgehead atoms. The summed E-state index contributed by atoms with van der Waals surface area (Å²) in [4.78, 5) is 3.89. The molecule has 0 saturated carbocycles. The number of aliphatic imine (C=N–C) groups is 1. The lowest BCUT2D eigenvalue weighted by atomic mass is 10.0. The van der Waals surface area contributed by atoms with Crippen LogP contribution in [0, 0.1) is 0 Å². The summed E-state index contributed by atoms with van der Waals surface area (Å²) in [6.45, 7) is 9.19. The van der Waals surface area contributed by atoms with Gasteiger partial charge in [0.15, 0.2) is 0 Å². The van der Waals surface area contributed by atoms with Gasteiger partial charge in [-0.3, -0.25) is 4.99 Å². The van der Waals surface area contributed by atoms with Crippen LogP contribution in [0.1, 0.15) is 12.5 Å². The third-order valence-corrected chi connectivity index (χ3v) is 1.92.